The van der Waals surface area contributed by atoms with Gasteiger partial charge in [-0.1, -0.05) is 23.3 Å². The molecule has 0 bridgehead atoms. The number of aromatic nitrogens is 4. The van der Waals surface area contributed by atoms with Gasteiger partial charge in [0.05, 0.1) is 17.2 Å². The van der Waals surface area contributed by atoms with Gasteiger partial charge in [0.25, 0.3) is 0 Å². The highest BCUT2D eigenvalue weighted by molar-refractivity contribution is 7.91. The number of benzene rings is 1. The second-order valence-electron chi connectivity index (χ2n) is 6.31. The minimum atomic E-state index is -2.84. The van der Waals surface area contributed by atoms with Crippen molar-refractivity contribution in [3.8, 4) is 5.69 Å². The third-order valence-corrected chi connectivity index (χ3v) is 6.53. The molecule has 8 nitrogen and oxygen atoms in total. The molecule has 1 aromatic heterocycles. The van der Waals surface area contributed by atoms with Crippen LogP contribution in [-0.4, -0.2) is 77.3 Å². The van der Waals surface area contributed by atoms with E-state index < -0.39 is 9.84 Å². The maximum atomic E-state index is 11.7. The van der Waals surface area contributed by atoms with Crippen LogP contribution in [0.4, 0.5) is 5.95 Å². The summed E-state index contributed by atoms with van der Waals surface area (Å²) in [6.07, 6.45) is 0.754. The topological polar surface area (TPSA) is 84.2 Å². The van der Waals surface area contributed by atoms with Crippen molar-refractivity contribution >= 4 is 15.8 Å². The zero-order valence-electron chi connectivity index (χ0n) is 13.3. The Morgan fingerprint density at radius 2 is 1.79 bits per heavy atom. The van der Waals surface area contributed by atoms with Gasteiger partial charge < -0.3 is 4.90 Å². The van der Waals surface area contributed by atoms with Gasteiger partial charge in [-0.05, 0) is 29.0 Å². The second kappa shape index (κ2) is 6.14. The Morgan fingerprint density at radius 3 is 2.46 bits per heavy atom. The molecular weight excluding hydrogens is 328 g/mol. The number of piperazine rings is 1. The van der Waals surface area contributed by atoms with Crippen molar-refractivity contribution in [2.24, 2.45) is 0 Å². The lowest BCUT2D eigenvalue weighted by molar-refractivity contribution is 0.199. The molecular formula is C15H20N6O2S. The van der Waals surface area contributed by atoms with Crippen molar-refractivity contribution in [1.29, 1.82) is 0 Å². The fraction of sp³-hybridized carbons (Fsp3) is 0.533. The minimum absolute atomic E-state index is 0.169. The fourth-order valence-corrected chi connectivity index (χ4v) is 5.23. The van der Waals surface area contributed by atoms with Crippen molar-refractivity contribution in [3.05, 3.63) is 30.3 Å². The van der Waals surface area contributed by atoms with E-state index in [0.29, 0.717) is 11.5 Å². The van der Waals surface area contributed by atoms with Crippen LogP contribution in [0, 0.1) is 0 Å². The van der Waals surface area contributed by atoms with E-state index in [4.69, 9.17) is 0 Å². The molecule has 2 aliphatic rings. The maximum Gasteiger partial charge on any atom is 0.250 e. The van der Waals surface area contributed by atoms with Crippen LogP contribution >= 0.6 is 0 Å². The lowest BCUT2D eigenvalue weighted by Gasteiger charge is -2.37. The first-order valence-electron chi connectivity index (χ1n) is 8.16. The molecule has 3 heterocycles. The molecule has 0 amide bonds. The first kappa shape index (κ1) is 15.5. The molecule has 2 aromatic rings. The predicted octanol–water partition coefficient (Wildman–Crippen LogP) is -0.0286. The maximum absolute atomic E-state index is 11.7. The van der Waals surface area contributed by atoms with Crippen LogP contribution in [0.25, 0.3) is 5.69 Å². The van der Waals surface area contributed by atoms with Gasteiger partial charge in [0, 0.05) is 32.2 Å². The summed E-state index contributed by atoms with van der Waals surface area (Å²) < 4.78 is 25.1. The summed E-state index contributed by atoms with van der Waals surface area (Å²) in [5, 5.41) is 12.1. The van der Waals surface area contributed by atoms with Gasteiger partial charge in [0.2, 0.25) is 5.95 Å². The molecule has 0 radical (unpaired) electrons. The molecule has 24 heavy (non-hydrogen) atoms. The lowest BCUT2D eigenvalue weighted by Crippen LogP contribution is -2.51. The SMILES string of the molecule is O=S1(=O)CCC(N2CCN(c3nnnn3-c3ccccc3)CC2)C1. The van der Waals surface area contributed by atoms with E-state index in [2.05, 4.69) is 25.3 Å². The van der Waals surface area contributed by atoms with E-state index in [1.807, 2.05) is 30.3 Å². The number of sulfone groups is 1. The van der Waals surface area contributed by atoms with E-state index in [0.717, 1.165) is 44.2 Å². The Labute approximate surface area is 141 Å². The van der Waals surface area contributed by atoms with Crippen molar-refractivity contribution in [2.75, 3.05) is 42.6 Å². The predicted molar refractivity (Wildman–Crippen MR) is 90.0 cm³/mol. The third kappa shape index (κ3) is 3.01. The Bertz CT molecular complexity index is 798. The highest BCUT2D eigenvalue weighted by Crippen LogP contribution is 2.22. The number of anilines is 1. The van der Waals surface area contributed by atoms with Crippen LogP contribution in [0.5, 0.6) is 0 Å². The smallest absolute Gasteiger partial charge is 0.250 e. The first-order valence-corrected chi connectivity index (χ1v) is 9.98. The van der Waals surface area contributed by atoms with E-state index in [9.17, 15) is 8.42 Å². The van der Waals surface area contributed by atoms with Crippen molar-refractivity contribution in [3.63, 3.8) is 0 Å². The summed E-state index contributed by atoms with van der Waals surface area (Å²) in [5.41, 5.74) is 0.932. The average molecular weight is 348 g/mol. The summed E-state index contributed by atoms with van der Waals surface area (Å²) in [5.74, 6) is 1.36. The van der Waals surface area contributed by atoms with Crippen LogP contribution in [0.2, 0.25) is 0 Å². The highest BCUT2D eigenvalue weighted by atomic mass is 32.2. The number of hydrogen-bond donors (Lipinski definition) is 0. The molecule has 4 rings (SSSR count). The number of hydrogen-bond acceptors (Lipinski definition) is 7. The first-order chi connectivity index (χ1) is 11.6. The molecule has 0 N–H and O–H groups in total. The largest absolute Gasteiger partial charge is 0.337 e. The van der Waals surface area contributed by atoms with Crippen LogP contribution in [0.15, 0.2) is 30.3 Å². The summed E-state index contributed by atoms with van der Waals surface area (Å²) in [4.78, 5) is 4.45. The molecule has 0 spiro atoms. The Hall–Kier alpha value is -2.00. The second-order valence-corrected chi connectivity index (χ2v) is 8.53. The van der Waals surface area contributed by atoms with Crippen LogP contribution in [-0.2, 0) is 9.84 Å². The molecule has 2 fully saturated rings. The van der Waals surface area contributed by atoms with Gasteiger partial charge in [0.1, 0.15) is 0 Å². The number of para-hydroxylation sites is 1. The van der Waals surface area contributed by atoms with Crippen LogP contribution < -0.4 is 4.90 Å². The normalized spacial score (nSPS) is 24.3. The van der Waals surface area contributed by atoms with Gasteiger partial charge in [-0.15, -0.1) is 0 Å². The Morgan fingerprint density at radius 1 is 1.04 bits per heavy atom. The van der Waals surface area contributed by atoms with Crippen LogP contribution in [0.3, 0.4) is 0 Å². The number of nitrogens with zero attached hydrogens (tertiary/aromatic N) is 6. The van der Waals surface area contributed by atoms with E-state index in [1.54, 1.807) is 4.68 Å². The summed E-state index contributed by atoms with van der Waals surface area (Å²) in [6, 6.07) is 9.99. The molecule has 9 heteroatoms. The van der Waals surface area contributed by atoms with Crippen molar-refractivity contribution in [1.82, 2.24) is 25.1 Å². The minimum Gasteiger partial charge on any atom is -0.337 e. The molecule has 1 unspecified atom stereocenters. The molecule has 0 saturated carbocycles. The molecule has 1 aromatic carbocycles. The Balaban J connectivity index is 1.45. The van der Waals surface area contributed by atoms with E-state index in [1.165, 1.54) is 0 Å². The third-order valence-electron chi connectivity index (χ3n) is 4.78. The molecule has 128 valence electrons. The van der Waals surface area contributed by atoms with E-state index >= 15 is 0 Å². The number of rotatable bonds is 3. The van der Waals surface area contributed by atoms with Gasteiger partial charge in [-0.25, -0.2) is 8.42 Å². The van der Waals surface area contributed by atoms with Gasteiger partial charge in [0.15, 0.2) is 9.84 Å². The molecule has 1 atom stereocenters. The summed E-state index contributed by atoms with van der Waals surface area (Å²) in [7, 11) is -2.84. The zero-order chi connectivity index (χ0) is 16.6. The lowest BCUT2D eigenvalue weighted by atomic mass is 10.2. The zero-order valence-corrected chi connectivity index (χ0v) is 14.1. The van der Waals surface area contributed by atoms with E-state index in [-0.39, 0.29) is 6.04 Å². The fourth-order valence-electron chi connectivity index (χ4n) is 3.47. The highest BCUT2D eigenvalue weighted by Gasteiger charge is 2.34. The van der Waals surface area contributed by atoms with Crippen LogP contribution in [0.1, 0.15) is 6.42 Å². The molecule has 2 aliphatic heterocycles. The monoisotopic (exact) mass is 348 g/mol. The van der Waals surface area contributed by atoms with Gasteiger partial charge in [-0.2, -0.15) is 4.68 Å². The number of tetrazole rings is 1. The standard InChI is InChI=1S/C15H20N6O2S/c22-24(23)11-6-14(12-24)19-7-9-20(10-8-19)15-16-17-18-21(15)13-4-2-1-3-5-13/h1-5,14H,6-12H2. The summed E-state index contributed by atoms with van der Waals surface area (Å²) in [6.45, 7) is 3.26. The Kier molecular flexibility index (Phi) is 3.97. The summed E-state index contributed by atoms with van der Waals surface area (Å²) >= 11 is 0. The molecule has 2 saturated heterocycles. The molecule has 0 aliphatic carbocycles. The average Bonchev–Trinajstić information content (AvgIpc) is 3.22. The van der Waals surface area contributed by atoms with Gasteiger partial charge >= 0.3 is 0 Å². The van der Waals surface area contributed by atoms with Crippen molar-refractivity contribution in [2.45, 2.75) is 12.5 Å². The van der Waals surface area contributed by atoms with Gasteiger partial charge in [-0.3, -0.25) is 4.90 Å². The van der Waals surface area contributed by atoms with Crippen molar-refractivity contribution < 1.29 is 8.42 Å². The quantitative estimate of drug-likeness (QED) is 0.770.